The van der Waals surface area contributed by atoms with Gasteiger partial charge in [0.15, 0.2) is 6.61 Å². The summed E-state index contributed by atoms with van der Waals surface area (Å²) in [6, 6.07) is 6.17. The van der Waals surface area contributed by atoms with Crippen molar-refractivity contribution in [3.05, 3.63) is 42.0 Å². The van der Waals surface area contributed by atoms with Gasteiger partial charge in [-0.05, 0) is 60.6 Å². The number of allylic oxidation sites excluding steroid dienone is 1. The van der Waals surface area contributed by atoms with Gasteiger partial charge in [-0.15, -0.1) is 6.58 Å². The highest BCUT2D eigenvalue weighted by atomic mass is 16.6. The zero-order valence-electron chi connectivity index (χ0n) is 12.5. The molecule has 2 aliphatic rings. The van der Waals surface area contributed by atoms with E-state index in [4.69, 9.17) is 4.74 Å². The number of methoxy groups -OCH3 is 1. The molecule has 3 heteroatoms. The molecule has 0 heterocycles. The Morgan fingerprint density at radius 3 is 3.00 bits per heavy atom. The molecule has 0 aliphatic heterocycles. The van der Waals surface area contributed by atoms with E-state index >= 15 is 0 Å². The minimum atomic E-state index is -0.339. The second kappa shape index (κ2) is 5.92. The van der Waals surface area contributed by atoms with Crippen LogP contribution in [0.3, 0.4) is 0 Å². The predicted molar refractivity (Wildman–Crippen MR) is 81.3 cm³/mol. The summed E-state index contributed by atoms with van der Waals surface area (Å²) in [7, 11) is 1.38. The minimum Gasteiger partial charge on any atom is -0.482 e. The van der Waals surface area contributed by atoms with Crippen molar-refractivity contribution >= 4 is 5.97 Å². The third-order valence-electron chi connectivity index (χ3n) is 5.05. The standard InChI is InChI=1S/C18H22O3/c1-3-12-7-8-14-10-16-13(9-15(12)14)5-4-6-17(16)21-11-18(19)20-2/h3-6,12,14-15H,1,7-11H2,2H3/t12-,14+,15+/m0/s1. The van der Waals surface area contributed by atoms with Crippen LogP contribution in [0.2, 0.25) is 0 Å². The molecule has 0 amide bonds. The molecule has 0 radical (unpaired) electrons. The first kappa shape index (κ1) is 14.2. The summed E-state index contributed by atoms with van der Waals surface area (Å²) in [6.07, 6.45) is 6.82. The van der Waals surface area contributed by atoms with E-state index in [0.717, 1.165) is 30.4 Å². The molecule has 1 aromatic rings. The normalized spacial score (nSPS) is 26.6. The van der Waals surface area contributed by atoms with Crippen molar-refractivity contribution in [2.45, 2.75) is 25.7 Å². The lowest BCUT2D eigenvalue weighted by Gasteiger charge is -2.31. The van der Waals surface area contributed by atoms with Crippen molar-refractivity contribution < 1.29 is 14.3 Å². The number of carbonyl (C=O) groups is 1. The highest BCUT2D eigenvalue weighted by Crippen LogP contribution is 2.46. The first-order valence-corrected chi connectivity index (χ1v) is 7.66. The molecule has 3 atom stereocenters. The molecular formula is C18H22O3. The van der Waals surface area contributed by atoms with Crippen LogP contribution < -0.4 is 4.74 Å². The van der Waals surface area contributed by atoms with Gasteiger partial charge in [-0.25, -0.2) is 4.79 Å². The van der Waals surface area contributed by atoms with Crippen LogP contribution >= 0.6 is 0 Å². The molecule has 0 aromatic heterocycles. The average molecular weight is 286 g/mol. The molecule has 1 fully saturated rings. The van der Waals surface area contributed by atoms with Crippen LogP contribution in [0.5, 0.6) is 5.75 Å². The van der Waals surface area contributed by atoms with E-state index in [-0.39, 0.29) is 12.6 Å². The number of fused-ring (bicyclic) bond motifs is 2. The molecule has 1 saturated carbocycles. The van der Waals surface area contributed by atoms with E-state index in [9.17, 15) is 4.79 Å². The summed E-state index contributed by atoms with van der Waals surface area (Å²) in [5.41, 5.74) is 2.65. The van der Waals surface area contributed by atoms with E-state index in [1.807, 2.05) is 12.1 Å². The maximum absolute atomic E-state index is 11.3. The fourth-order valence-corrected chi connectivity index (χ4v) is 3.93. The average Bonchev–Trinajstić information content (AvgIpc) is 2.92. The molecule has 0 unspecified atom stereocenters. The van der Waals surface area contributed by atoms with E-state index in [2.05, 4.69) is 23.5 Å². The van der Waals surface area contributed by atoms with Crippen LogP contribution in [-0.2, 0) is 22.4 Å². The van der Waals surface area contributed by atoms with Gasteiger partial charge in [0.25, 0.3) is 0 Å². The molecule has 112 valence electrons. The molecule has 3 rings (SSSR count). The van der Waals surface area contributed by atoms with Gasteiger partial charge in [0, 0.05) is 0 Å². The Morgan fingerprint density at radius 1 is 1.38 bits per heavy atom. The number of benzene rings is 1. The number of hydrogen-bond acceptors (Lipinski definition) is 3. The molecular weight excluding hydrogens is 264 g/mol. The highest BCUT2D eigenvalue weighted by Gasteiger charge is 2.38. The summed E-state index contributed by atoms with van der Waals surface area (Å²) in [6.45, 7) is 3.97. The lowest BCUT2D eigenvalue weighted by atomic mass is 9.74. The smallest absolute Gasteiger partial charge is 0.343 e. The number of rotatable bonds is 4. The second-order valence-corrected chi connectivity index (χ2v) is 6.07. The lowest BCUT2D eigenvalue weighted by molar-refractivity contribution is -0.142. The molecule has 0 bridgehead atoms. The van der Waals surface area contributed by atoms with Gasteiger partial charge in [-0.2, -0.15) is 0 Å². The lowest BCUT2D eigenvalue weighted by Crippen LogP contribution is -2.25. The van der Waals surface area contributed by atoms with Gasteiger partial charge >= 0.3 is 5.97 Å². The number of esters is 1. The monoisotopic (exact) mass is 286 g/mol. The zero-order chi connectivity index (χ0) is 14.8. The molecule has 0 N–H and O–H groups in total. The van der Waals surface area contributed by atoms with Crippen LogP contribution in [0.1, 0.15) is 24.0 Å². The van der Waals surface area contributed by atoms with Crippen molar-refractivity contribution in [2.24, 2.45) is 17.8 Å². The van der Waals surface area contributed by atoms with Crippen molar-refractivity contribution in [3.63, 3.8) is 0 Å². The maximum Gasteiger partial charge on any atom is 0.343 e. The number of carbonyl (C=O) groups excluding carboxylic acids is 1. The van der Waals surface area contributed by atoms with Crippen molar-refractivity contribution in [1.29, 1.82) is 0 Å². The van der Waals surface area contributed by atoms with E-state index in [1.54, 1.807) is 0 Å². The molecule has 3 nitrogen and oxygen atoms in total. The predicted octanol–water partition coefficient (Wildman–Crippen LogP) is 3.17. The Hall–Kier alpha value is -1.77. The van der Waals surface area contributed by atoms with Crippen molar-refractivity contribution in [2.75, 3.05) is 13.7 Å². The Bertz CT molecular complexity index is 549. The van der Waals surface area contributed by atoms with Gasteiger partial charge in [0.05, 0.1) is 7.11 Å². The Balaban J connectivity index is 1.80. The molecule has 1 aromatic carbocycles. The fourth-order valence-electron chi connectivity index (χ4n) is 3.93. The highest BCUT2D eigenvalue weighted by molar-refractivity contribution is 5.71. The number of ether oxygens (including phenoxy) is 2. The summed E-state index contributed by atoms with van der Waals surface area (Å²) in [5, 5.41) is 0. The van der Waals surface area contributed by atoms with Gasteiger partial charge in [-0.1, -0.05) is 18.2 Å². The quantitative estimate of drug-likeness (QED) is 0.630. The Labute approximate surface area is 125 Å². The van der Waals surface area contributed by atoms with Crippen LogP contribution in [0.15, 0.2) is 30.9 Å². The van der Waals surface area contributed by atoms with Crippen LogP contribution in [0.25, 0.3) is 0 Å². The molecule has 0 saturated heterocycles. The summed E-state index contributed by atoms with van der Waals surface area (Å²) < 4.78 is 10.3. The zero-order valence-corrected chi connectivity index (χ0v) is 12.5. The number of hydrogen-bond donors (Lipinski definition) is 0. The summed E-state index contributed by atoms with van der Waals surface area (Å²) in [5.74, 6) is 2.62. The van der Waals surface area contributed by atoms with Gasteiger partial charge in [0.2, 0.25) is 0 Å². The van der Waals surface area contributed by atoms with Crippen molar-refractivity contribution in [3.8, 4) is 5.75 Å². The third kappa shape index (κ3) is 2.69. The van der Waals surface area contributed by atoms with Gasteiger partial charge in [-0.3, -0.25) is 0 Å². The first-order valence-electron chi connectivity index (χ1n) is 7.66. The first-order chi connectivity index (χ1) is 10.2. The third-order valence-corrected chi connectivity index (χ3v) is 5.05. The van der Waals surface area contributed by atoms with Gasteiger partial charge in [0.1, 0.15) is 5.75 Å². The maximum atomic E-state index is 11.3. The fraction of sp³-hybridized carbons (Fsp3) is 0.500. The molecule has 21 heavy (non-hydrogen) atoms. The van der Waals surface area contributed by atoms with Gasteiger partial charge < -0.3 is 9.47 Å². The SMILES string of the molecule is C=C[C@H]1CC[C@@H]2Cc3c(cccc3OCC(=O)OC)C[C@@H]21. The van der Waals surface area contributed by atoms with Crippen molar-refractivity contribution in [1.82, 2.24) is 0 Å². The Morgan fingerprint density at radius 2 is 2.24 bits per heavy atom. The molecule has 0 spiro atoms. The van der Waals surface area contributed by atoms with E-state index in [0.29, 0.717) is 5.92 Å². The molecule has 2 aliphatic carbocycles. The van der Waals surface area contributed by atoms with Crippen LogP contribution in [-0.4, -0.2) is 19.7 Å². The Kier molecular flexibility index (Phi) is 4.00. The van der Waals surface area contributed by atoms with Crippen LogP contribution in [0, 0.1) is 17.8 Å². The largest absolute Gasteiger partial charge is 0.482 e. The summed E-state index contributed by atoms with van der Waals surface area (Å²) >= 11 is 0. The minimum absolute atomic E-state index is 0.0175. The summed E-state index contributed by atoms with van der Waals surface area (Å²) in [4.78, 5) is 11.3. The topological polar surface area (TPSA) is 35.5 Å². The van der Waals surface area contributed by atoms with E-state index < -0.39 is 0 Å². The van der Waals surface area contributed by atoms with E-state index in [1.165, 1.54) is 31.1 Å². The van der Waals surface area contributed by atoms with Crippen LogP contribution in [0.4, 0.5) is 0 Å². The second-order valence-electron chi connectivity index (χ2n) is 6.07.